The molecule has 0 spiro atoms. The molecule has 6 atom stereocenters. The smallest absolute Gasteiger partial charge is 0.249 e. The van der Waals surface area contributed by atoms with Crippen molar-refractivity contribution < 1.29 is 33.3 Å². The number of anilines is 2. The molecule has 3 N–H and O–H groups in total. The average molecular weight is 760 g/mol. The molecule has 1 amide bonds. The summed E-state index contributed by atoms with van der Waals surface area (Å²) in [6, 6.07) is 20.8. The van der Waals surface area contributed by atoms with Crippen LogP contribution in [0.1, 0.15) is 67.5 Å². The van der Waals surface area contributed by atoms with Gasteiger partial charge >= 0.3 is 0 Å². The second-order valence-corrected chi connectivity index (χ2v) is 18.7. The second kappa shape index (κ2) is 17.5. The number of hydrogen-bond acceptors (Lipinski definition) is 9. The van der Waals surface area contributed by atoms with E-state index in [2.05, 4.69) is 15.6 Å². The molecule has 3 aromatic carbocycles. The molecule has 4 aromatic rings. The maximum absolute atomic E-state index is 16.3. The molecule has 54 heavy (non-hydrogen) atoms. The summed E-state index contributed by atoms with van der Waals surface area (Å²) in [6.45, 7) is 9.04. The van der Waals surface area contributed by atoms with Crippen LogP contribution in [-0.4, -0.2) is 85.1 Å². The van der Waals surface area contributed by atoms with E-state index in [0.29, 0.717) is 56.1 Å². The normalized spacial score (nSPS) is 20.9. The molecule has 2 aliphatic heterocycles. The van der Waals surface area contributed by atoms with E-state index in [1.165, 1.54) is 0 Å². The van der Waals surface area contributed by atoms with Crippen LogP contribution in [0.5, 0.6) is 11.5 Å². The van der Waals surface area contributed by atoms with E-state index in [1.807, 2.05) is 86.8 Å². The zero-order chi connectivity index (χ0) is 38.4. The van der Waals surface area contributed by atoms with Gasteiger partial charge in [-0.05, 0) is 99.8 Å². The van der Waals surface area contributed by atoms with E-state index in [0.717, 1.165) is 34.5 Å². The molecule has 0 saturated carbocycles. The molecule has 0 fully saturated rings. The lowest BCUT2D eigenvalue weighted by atomic mass is 9.86. The van der Waals surface area contributed by atoms with Crippen LogP contribution in [0, 0.1) is 5.92 Å². The Morgan fingerprint density at radius 3 is 2.59 bits per heavy atom. The van der Waals surface area contributed by atoms with Crippen molar-refractivity contribution in [2.45, 2.75) is 88.9 Å². The Labute approximate surface area is 318 Å². The number of fused-ring (bicyclic) bond motifs is 2. The number of rotatable bonds is 17. The summed E-state index contributed by atoms with van der Waals surface area (Å²) in [5.41, 5.74) is 4.52. The zero-order valence-corrected chi connectivity index (χ0v) is 33.0. The minimum atomic E-state index is -3.30. The van der Waals surface area contributed by atoms with Crippen LogP contribution in [0.15, 0.2) is 72.9 Å². The van der Waals surface area contributed by atoms with Gasteiger partial charge in [-0.25, -0.2) is 0 Å². The maximum atomic E-state index is 16.3. The highest BCUT2D eigenvalue weighted by Gasteiger charge is 2.47. The maximum Gasteiger partial charge on any atom is 0.249 e. The van der Waals surface area contributed by atoms with E-state index in [1.54, 1.807) is 29.8 Å². The predicted octanol–water partition coefficient (Wildman–Crippen LogP) is 6.47. The Balaban J connectivity index is 1.25. The molecular weight excluding hydrogens is 706 g/mol. The van der Waals surface area contributed by atoms with Gasteiger partial charge in [-0.3, -0.25) is 14.4 Å². The Morgan fingerprint density at radius 1 is 1.09 bits per heavy atom. The third-order valence-electron chi connectivity index (χ3n) is 10.8. The van der Waals surface area contributed by atoms with E-state index >= 15 is 4.11 Å². The van der Waals surface area contributed by atoms with E-state index < -0.39 is 26.7 Å². The number of methoxy groups -OCH3 is 1. The van der Waals surface area contributed by atoms with Crippen molar-refractivity contribution in [3.8, 4) is 11.5 Å². The number of benzene rings is 3. The number of hydrogen-bond donors (Lipinski definition) is 3. The first-order chi connectivity index (χ1) is 26.1. The largest absolute Gasteiger partial charge is 0.494 e. The lowest BCUT2D eigenvalue weighted by Crippen LogP contribution is -2.50. The van der Waals surface area contributed by atoms with Gasteiger partial charge in [0.05, 0.1) is 42.7 Å². The number of carbonyl (C=O) groups excluding carboxylic acids is 1. The first-order valence-electron chi connectivity index (χ1n) is 19.1. The molecule has 0 bridgehead atoms. The summed E-state index contributed by atoms with van der Waals surface area (Å²) >= 11 is 0. The fourth-order valence-electron chi connectivity index (χ4n) is 8.03. The highest BCUT2D eigenvalue weighted by molar-refractivity contribution is 6.72. The van der Waals surface area contributed by atoms with Crippen molar-refractivity contribution in [2.75, 3.05) is 38.4 Å². The quantitative estimate of drug-likeness (QED) is 0.0630. The van der Waals surface area contributed by atoms with E-state index in [-0.39, 0.29) is 36.5 Å². The Morgan fingerprint density at radius 2 is 1.89 bits per heavy atom. The SMILES string of the molecule is CCOc1ccc2c(c1)CC(NCCCCO)C(=O)N2c1ccc2c(c1)[C@H](OC)[C@@H](C)[C@H](C(CCn1cc(C(CO)c3ccccc3)nn1)[Si](C)(C)F)O2. The van der Waals surface area contributed by atoms with Gasteiger partial charge in [0, 0.05) is 49.2 Å². The van der Waals surface area contributed by atoms with Crippen molar-refractivity contribution in [1.82, 2.24) is 20.3 Å². The number of aliphatic hydroxyl groups excluding tert-OH is 2. The van der Waals surface area contributed by atoms with Crippen LogP contribution in [0.4, 0.5) is 15.5 Å². The molecule has 6 rings (SSSR count). The third-order valence-corrected chi connectivity index (χ3v) is 13.2. The number of ether oxygens (including phenoxy) is 3. The Kier molecular flexibility index (Phi) is 12.9. The minimum absolute atomic E-state index is 0.0668. The fraction of sp³-hybridized carbons (Fsp3) is 0.488. The van der Waals surface area contributed by atoms with Gasteiger partial charge < -0.3 is 33.8 Å². The van der Waals surface area contributed by atoms with E-state index in [4.69, 9.17) is 14.2 Å². The summed E-state index contributed by atoms with van der Waals surface area (Å²) in [5.74, 6) is 0.801. The van der Waals surface area contributed by atoms with Crippen molar-refractivity contribution in [2.24, 2.45) is 5.92 Å². The third kappa shape index (κ3) is 8.55. The van der Waals surface area contributed by atoms with Crippen LogP contribution in [-0.2, 0) is 22.5 Å². The summed E-state index contributed by atoms with van der Waals surface area (Å²) in [7, 11) is -1.63. The van der Waals surface area contributed by atoms with Gasteiger partial charge in [0.1, 0.15) is 17.6 Å². The van der Waals surface area contributed by atoms with Crippen LogP contribution < -0.4 is 19.7 Å². The predicted molar refractivity (Wildman–Crippen MR) is 209 cm³/mol. The molecular formula is C41H54FN5O6Si. The first-order valence-corrected chi connectivity index (χ1v) is 22.1. The monoisotopic (exact) mass is 759 g/mol. The lowest BCUT2D eigenvalue weighted by Gasteiger charge is -2.43. The van der Waals surface area contributed by atoms with Crippen LogP contribution in [0.2, 0.25) is 18.6 Å². The number of aryl methyl sites for hydroxylation is 1. The van der Waals surface area contributed by atoms with Crippen LogP contribution in [0.3, 0.4) is 0 Å². The van der Waals surface area contributed by atoms with Crippen molar-refractivity contribution in [3.05, 3.63) is 95.3 Å². The number of nitrogens with zero attached hydrogens (tertiary/aromatic N) is 4. The lowest BCUT2D eigenvalue weighted by molar-refractivity contribution is -0.120. The van der Waals surface area contributed by atoms with Crippen LogP contribution >= 0.6 is 0 Å². The number of amides is 1. The molecule has 1 aromatic heterocycles. The molecule has 13 heteroatoms. The van der Waals surface area contributed by atoms with Gasteiger partial charge in [-0.2, -0.15) is 0 Å². The standard InChI is InChI=1S/C41H54FN5O6Si/c1-6-52-31-15-16-36-29(22-31)23-34(43-19-10-11-21-48)41(50)47(36)30-14-17-37-32(24-30)39(51-3)27(2)40(53-37)38(54(4,5)42)18-20-46-25-35(44-45-46)33(26-49)28-12-8-7-9-13-28/h7-9,12-17,22,24-25,27,33-34,38-40,43,48-49H,6,10-11,18-21,23,26H2,1-5H3/t27-,33?,34?,38?,39-,40-/m1/s1. The molecule has 0 aliphatic carbocycles. The first kappa shape index (κ1) is 39.5. The summed E-state index contributed by atoms with van der Waals surface area (Å²) in [4.78, 5) is 15.9. The summed E-state index contributed by atoms with van der Waals surface area (Å²) < 4.78 is 36.8. The van der Waals surface area contributed by atoms with Crippen LogP contribution in [0.25, 0.3) is 0 Å². The number of carbonyl (C=O) groups is 1. The van der Waals surface area contributed by atoms with Crippen molar-refractivity contribution in [3.63, 3.8) is 0 Å². The van der Waals surface area contributed by atoms with Gasteiger partial charge in [0.2, 0.25) is 14.3 Å². The summed E-state index contributed by atoms with van der Waals surface area (Å²) in [5, 5.41) is 31.5. The van der Waals surface area contributed by atoms with Gasteiger partial charge in [-0.1, -0.05) is 42.5 Å². The number of nitrogens with one attached hydrogen (secondary N) is 1. The second-order valence-electron chi connectivity index (χ2n) is 14.9. The number of aliphatic hydroxyl groups is 2. The van der Waals surface area contributed by atoms with Crippen molar-refractivity contribution in [1.29, 1.82) is 0 Å². The molecule has 3 unspecified atom stereocenters. The average Bonchev–Trinajstić information content (AvgIpc) is 3.62. The highest BCUT2D eigenvalue weighted by atomic mass is 28.4. The minimum Gasteiger partial charge on any atom is -0.494 e. The molecule has 0 saturated heterocycles. The number of aromatic nitrogens is 3. The molecule has 3 heterocycles. The Bertz CT molecular complexity index is 1860. The van der Waals surface area contributed by atoms with Gasteiger partial charge in [-0.15, -0.1) is 5.10 Å². The van der Waals surface area contributed by atoms with Gasteiger partial charge in [0.15, 0.2) is 0 Å². The van der Waals surface area contributed by atoms with Gasteiger partial charge in [0.25, 0.3) is 0 Å². The molecule has 2 aliphatic rings. The highest BCUT2D eigenvalue weighted by Crippen LogP contribution is 2.49. The van der Waals surface area contributed by atoms with Crippen molar-refractivity contribution >= 4 is 25.7 Å². The fourth-order valence-corrected chi connectivity index (χ4v) is 10.0. The summed E-state index contributed by atoms with van der Waals surface area (Å²) in [6.07, 6.45) is 3.40. The zero-order valence-electron chi connectivity index (χ0n) is 32.0. The Hall–Kier alpha value is -4.14. The molecule has 0 radical (unpaired) electrons. The molecule has 11 nitrogen and oxygen atoms in total. The number of halogens is 1. The number of unbranched alkanes of at least 4 members (excludes halogenated alkanes) is 1. The van der Waals surface area contributed by atoms with E-state index in [9.17, 15) is 15.0 Å². The molecule has 290 valence electrons. The topological polar surface area (TPSA) is 131 Å².